The molecule has 9 heteroatoms. The normalized spacial score (nSPS) is 13.8. The number of ether oxygens (including phenoxy) is 3. The van der Waals surface area contributed by atoms with Crippen molar-refractivity contribution in [2.75, 3.05) is 51.0 Å². The molecule has 1 fully saturated rings. The fourth-order valence-electron chi connectivity index (χ4n) is 4.24. The van der Waals surface area contributed by atoms with Crippen LogP contribution in [0.4, 0.5) is 5.82 Å². The summed E-state index contributed by atoms with van der Waals surface area (Å²) in [6.45, 7) is 5.96. The Morgan fingerprint density at radius 2 is 1.68 bits per heavy atom. The second-order valence-corrected chi connectivity index (χ2v) is 7.75. The van der Waals surface area contributed by atoms with Gasteiger partial charge in [0.05, 0.1) is 43.2 Å². The first kappa shape index (κ1) is 23.7. The molecule has 34 heavy (non-hydrogen) atoms. The van der Waals surface area contributed by atoms with Gasteiger partial charge in [-0.2, -0.15) is 0 Å². The van der Waals surface area contributed by atoms with Crippen molar-refractivity contribution in [3.05, 3.63) is 53.2 Å². The number of hydrogen-bond acceptors (Lipinski definition) is 8. The molecule has 3 heterocycles. The largest absolute Gasteiger partial charge is 0.462 e. The first-order valence-electron chi connectivity index (χ1n) is 11.5. The Bertz CT molecular complexity index is 1170. The number of rotatable bonds is 8. The van der Waals surface area contributed by atoms with Gasteiger partial charge in [0.2, 0.25) is 0 Å². The Hall–Kier alpha value is -3.43. The molecule has 9 nitrogen and oxygen atoms in total. The zero-order chi connectivity index (χ0) is 24.1. The average molecular weight is 468 g/mol. The summed E-state index contributed by atoms with van der Waals surface area (Å²) in [5.41, 5.74) is 2.63. The fourth-order valence-corrected chi connectivity index (χ4v) is 4.24. The van der Waals surface area contributed by atoms with E-state index in [4.69, 9.17) is 19.3 Å². The van der Waals surface area contributed by atoms with Gasteiger partial charge in [-0.1, -0.05) is 30.3 Å². The van der Waals surface area contributed by atoms with Crippen molar-refractivity contribution in [2.24, 2.45) is 0 Å². The van der Waals surface area contributed by atoms with E-state index in [0.717, 1.165) is 11.1 Å². The van der Waals surface area contributed by atoms with Crippen molar-refractivity contribution in [1.29, 1.82) is 0 Å². The quantitative estimate of drug-likeness (QED) is 0.505. The number of aromatic nitrogens is 2. The Kier molecular flexibility index (Phi) is 7.44. The van der Waals surface area contributed by atoms with Gasteiger partial charge >= 0.3 is 11.9 Å². The van der Waals surface area contributed by atoms with Crippen LogP contribution in [-0.2, 0) is 20.6 Å². The monoisotopic (exact) mass is 467 g/mol. The number of morpholine rings is 1. The lowest BCUT2D eigenvalue weighted by Gasteiger charge is -2.28. The number of fused-ring (bicyclic) bond motifs is 1. The summed E-state index contributed by atoms with van der Waals surface area (Å²) in [4.78, 5) is 28.4. The van der Waals surface area contributed by atoms with E-state index in [1.165, 1.54) is 0 Å². The van der Waals surface area contributed by atoms with Gasteiger partial charge in [0.15, 0.2) is 0 Å². The van der Waals surface area contributed by atoms with Gasteiger partial charge in [-0.15, -0.1) is 5.10 Å². The highest BCUT2D eigenvalue weighted by atomic mass is 16.5. The number of nitrogens with zero attached hydrogens (tertiary/aromatic N) is 3. The molecule has 3 aromatic rings. The lowest BCUT2D eigenvalue weighted by Crippen LogP contribution is -2.37. The van der Waals surface area contributed by atoms with Gasteiger partial charge in [-0.3, -0.25) is 0 Å². The Balaban J connectivity index is 2.10. The Morgan fingerprint density at radius 1 is 1.03 bits per heavy atom. The van der Waals surface area contributed by atoms with Crippen LogP contribution in [0.1, 0.15) is 40.3 Å². The van der Waals surface area contributed by atoms with Crippen LogP contribution in [0.5, 0.6) is 0 Å². The van der Waals surface area contributed by atoms with E-state index < -0.39 is 11.9 Å². The third kappa shape index (κ3) is 4.49. The molecule has 1 aliphatic rings. The molecule has 1 N–H and O–H groups in total. The highest BCUT2D eigenvalue weighted by molar-refractivity contribution is 6.12. The Labute approximate surface area is 197 Å². The highest BCUT2D eigenvalue weighted by Gasteiger charge is 2.33. The summed E-state index contributed by atoms with van der Waals surface area (Å²) in [6, 6.07) is 11.5. The van der Waals surface area contributed by atoms with Crippen molar-refractivity contribution in [3.63, 3.8) is 0 Å². The first-order chi connectivity index (χ1) is 16.6. The number of anilines is 1. The standard InChI is InChI=1S/C25H29N3O6/c1-3-33-24(30)21-19(10-13-29)28-23(22(21)25(31)34-4-2)18(17-8-6-5-7-9-17)16-20(26-28)27-11-14-32-15-12-27/h5-9,16,29H,3-4,10-15H2,1-2H3. The lowest BCUT2D eigenvalue weighted by molar-refractivity contribution is 0.0480. The zero-order valence-electron chi connectivity index (χ0n) is 19.5. The van der Waals surface area contributed by atoms with E-state index in [-0.39, 0.29) is 37.4 Å². The second kappa shape index (κ2) is 10.7. The maximum absolute atomic E-state index is 13.2. The molecule has 0 spiro atoms. The van der Waals surface area contributed by atoms with Gasteiger partial charge in [0.1, 0.15) is 11.4 Å². The van der Waals surface area contributed by atoms with Crippen molar-refractivity contribution < 1.29 is 28.9 Å². The van der Waals surface area contributed by atoms with Gasteiger partial charge in [-0.05, 0) is 25.5 Å². The molecule has 0 saturated carbocycles. The molecular formula is C25H29N3O6. The van der Waals surface area contributed by atoms with Crippen LogP contribution in [0.15, 0.2) is 36.4 Å². The summed E-state index contributed by atoms with van der Waals surface area (Å²) in [7, 11) is 0. The molecule has 0 atom stereocenters. The van der Waals surface area contributed by atoms with E-state index in [1.807, 2.05) is 36.4 Å². The third-order valence-electron chi connectivity index (χ3n) is 5.70. The molecular weight excluding hydrogens is 438 g/mol. The summed E-state index contributed by atoms with van der Waals surface area (Å²) >= 11 is 0. The SMILES string of the molecule is CCOC(=O)c1c(C(=O)OCC)c2c(-c3ccccc3)cc(N3CCOCC3)nn2c1CCO. The van der Waals surface area contributed by atoms with Crippen molar-refractivity contribution in [1.82, 2.24) is 9.61 Å². The molecule has 0 bridgehead atoms. The molecule has 1 aromatic carbocycles. The van der Waals surface area contributed by atoms with E-state index in [2.05, 4.69) is 4.90 Å². The van der Waals surface area contributed by atoms with Crippen LogP contribution < -0.4 is 4.90 Å². The number of esters is 2. The second-order valence-electron chi connectivity index (χ2n) is 7.75. The zero-order valence-corrected chi connectivity index (χ0v) is 19.5. The van der Waals surface area contributed by atoms with Crippen molar-refractivity contribution in [2.45, 2.75) is 20.3 Å². The van der Waals surface area contributed by atoms with Gasteiger partial charge in [0.25, 0.3) is 0 Å². The number of benzene rings is 1. The molecule has 4 rings (SSSR count). The third-order valence-corrected chi connectivity index (χ3v) is 5.70. The van der Waals surface area contributed by atoms with E-state index in [0.29, 0.717) is 43.3 Å². The van der Waals surface area contributed by atoms with E-state index in [9.17, 15) is 14.7 Å². The Morgan fingerprint density at radius 3 is 2.29 bits per heavy atom. The van der Waals surface area contributed by atoms with Crippen LogP contribution >= 0.6 is 0 Å². The van der Waals surface area contributed by atoms with Crippen LogP contribution in [0.3, 0.4) is 0 Å². The summed E-state index contributed by atoms with van der Waals surface area (Å²) < 4.78 is 17.8. The molecule has 1 aliphatic heterocycles. The number of aliphatic hydroxyl groups is 1. The van der Waals surface area contributed by atoms with Crippen LogP contribution in [-0.4, -0.2) is 72.8 Å². The molecule has 1 saturated heterocycles. The average Bonchev–Trinajstić information content (AvgIpc) is 3.19. The molecule has 0 radical (unpaired) electrons. The predicted molar refractivity (Wildman–Crippen MR) is 126 cm³/mol. The summed E-state index contributed by atoms with van der Waals surface area (Å²) in [5.74, 6) is -0.591. The van der Waals surface area contributed by atoms with E-state index >= 15 is 0 Å². The summed E-state index contributed by atoms with van der Waals surface area (Å²) in [5, 5.41) is 14.7. The minimum absolute atomic E-state index is 0.0816. The topological polar surface area (TPSA) is 103 Å². The molecule has 0 aliphatic carbocycles. The number of carbonyl (C=O) groups excluding carboxylic acids is 2. The minimum atomic E-state index is -0.647. The maximum Gasteiger partial charge on any atom is 0.341 e. The van der Waals surface area contributed by atoms with Crippen LogP contribution in [0.2, 0.25) is 0 Å². The number of hydrogen-bond donors (Lipinski definition) is 1. The number of carbonyl (C=O) groups is 2. The van der Waals surface area contributed by atoms with Gasteiger partial charge in [-0.25, -0.2) is 14.1 Å². The van der Waals surface area contributed by atoms with Crippen molar-refractivity contribution in [3.8, 4) is 11.1 Å². The smallest absolute Gasteiger partial charge is 0.341 e. The fraction of sp³-hybridized carbons (Fsp3) is 0.400. The van der Waals surface area contributed by atoms with Crippen LogP contribution in [0, 0.1) is 0 Å². The van der Waals surface area contributed by atoms with Crippen LogP contribution in [0.25, 0.3) is 16.6 Å². The lowest BCUT2D eigenvalue weighted by atomic mass is 10.0. The number of aliphatic hydroxyl groups excluding tert-OH is 1. The highest BCUT2D eigenvalue weighted by Crippen LogP contribution is 2.35. The molecule has 2 aromatic heterocycles. The maximum atomic E-state index is 13.2. The first-order valence-corrected chi connectivity index (χ1v) is 11.5. The predicted octanol–water partition coefficient (Wildman–Crippen LogP) is 2.73. The minimum Gasteiger partial charge on any atom is -0.462 e. The van der Waals surface area contributed by atoms with Crippen molar-refractivity contribution >= 4 is 23.3 Å². The molecule has 180 valence electrons. The molecule has 0 unspecified atom stereocenters. The summed E-state index contributed by atoms with van der Waals surface area (Å²) in [6.07, 6.45) is 0.114. The molecule has 0 amide bonds. The van der Waals surface area contributed by atoms with E-state index in [1.54, 1.807) is 18.4 Å². The van der Waals surface area contributed by atoms with Gasteiger partial charge < -0.3 is 24.2 Å². The van der Waals surface area contributed by atoms with Gasteiger partial charge in [0, 0.05) is 31.7 Å².